The Morgan fingerprint density at radius 3 is 2.86 bits per heavy atom. The van der Waals surface area contributed by atoms with Crippen molar-refractivity contribution in [3.63, 3.8) is 0 Å². The van der Waals surface area contributed by atoms with Gasteiger partial charge in [0.15, 0.2) is 6.61 Å². The van der Waals surface area contributed by atoms with E-state index >= 15 is 0 Å². The zero-order valence-corrected chi connectivity index (χ0v) is 16.3. The van der Waals surface area contributed by atoms with Crippen LogP contribution in [-0.2, 0) is 20.7 Å². The van der Waals surface area contributed by atoms with E-state index in [9.17, 15) is 9.59 Å². The van der Waals surface area contributed by atoms with Gasteiger partial charge in [-0.25, -0.2) is 0 Å². The minimum Gasteiger partial charge on any atom is -0.484 e. The van der Waals surface area contributed by atoms with Crippen molar-refractivity contribution in [3.05, 3.63) is 66.0 Å². The number of amides is 2. The van der Waals surface area contributed by atoms with Gasteiger partial charge in [-0.15, -0.1) is 0 Å². The van der Waals surface area contributed by atoms with Crippen molar-refractivity contribution in [3.8, 4) is 5.75 Å². The van der Waals surface area contributed by atoms with Crippen LogP contribution in [-0.4, -0.2) is 61.2 Å². The number of ether oxygens (including phenoxy) is 2. The second-order valence-corrected chi connectivity index (χ2v) is 6.59. The molecule has 0 spiro atoms. The largest absolute Gasteiger partial charge is 0.484 e. The van der Waals surface area contributed by atoms with Crippen LogP contribution < -0.4 is 10.1 Å². The van der Waals surface area contributed by atoms with Crippen LogP contribution in [0.4, 0.5) is 0 Å². The molecule has 0 atom stereocenters. The molecule has 7 heteroatoms. The Morgan fingerprint density at radius 2 is 2.07 bits per heavy atom. The second-order valence-electron chi connectivity index (χ2n) is 6.59. The van der Waals surface area contributed by atoms with E-state index in [-0.39, 0.29) is 18.4 Å². The van der Waals surface area contributed by atoms with Crippen molar-refractivity contribution >= 4 is 17.9 Å². The van der Waals surface area contributed by atoms with Gasteiger partial charge in [0.2, 0.25) is 5.91 Å². The van der Waals surface area contributed by atoms with Crippen LogP contribution in [0.25, 0.3) is 6.08 Å². The number of benzene rings is 1. The monoisotopic (exact) mass is 395 g/mol. The van der Waals surface area contributed by atoms with E-state index in [4.69, 9.17) is 9.47 Å². The molecule has 0 radical (unpaired) electrons. The molecular weight excluding hydrogens is 370 g/mol. The maximum absolute atomic E-state index is 12.2. The normalized spacial score (nSPS) is 14.0. The van der Waals surface area contributed by atoms with Gasteiger partial charge < -0.3 is 19.7 Å². The first-order valence-corrected chi connectivity index (χ1v) is 9.64. The van der Waals surface area contributed by atoms with Gasteiger partial charge >= 0.3 is 0 Å². The third kappa shape index (κ3) is 7.04. The van der Waals surface area contributed by atoms with E-state index in [0.29, 0.717) is 45.0 Å². The van der Waals surface area contributed by atoms with Crippen molar-refractivity contribution < 1.29 is 19.1 Å². The molecule has 1 aliphatic rings. The molecule has 2 aromatic rings. The third-order valence-electron chi connectivity index (χ3n) is 4.45. The molecule has 0 unspecified atom stereocenters. The fourth-order valence-corrected chi connectivity index (χ4v) is 2.88. The number of carbonyl (C=O) groups is 2. The van der Waals surface area contributed by atoms with Gasteiger partial charge in [0.25, 0.3) is 5.91 Å². The predicted octanol–water partition coefficient (Wildman–Crippen LogP) is 1.69. The van der Waals surface area contributed by atoms with Gasteiger partial charge in [-0.05, 0) is 41.8 Å². The summed E-state index contributed by atoms with van der Waals surface area (Å²) in [7, 11) is 0. The SMILES string of the molecule is O=C(/C=C/c1cccnc1)NCCc1cccc(OCC(=O)N2CCOCC2)c1. The molecule has 2 heterocycles. The van der Waals surface area contributed by atoms with Gasteiger partial charge in [-0.2, -0.15) is 0 Å². The summed E-state index contributed by atoms with van der Waals surface area (Å²) >= 11 is 0. The van der Waals surface area contributed by atoms with E-state index in [0.717, 1.165) is 11.1 Å². The number of nitrogens with one attached hydrogen (secondary N) is 1. The highest BCUT2D eigenvalue weighted by atomic mass is 16.5. The van der Waals surface area contributed by atoms with E-state index < -0.39 is 0 Å². The lowest BCUT2D eigenvalue weighted by Gasteiger charge is -2.26. The molecule has 0 aliphatic carbocycles. The molecule has 152 valence electrons. The van der Waals surface area contributed by atoms with Crippen LogP contribution in [0.2, 0.25) is 0 Å². The summed E-state index contributed by atoms with van der Waals surface area (Å²) in [6, 6.07) is 11.3. The molecular formula is C22H25N3O4. The van der Waals surface area contributed by atoms with Crippen molar-refractivity contribution in [2.45, 2.75) is 6.42 Å². The smallest absolute Gasteiger partial charge is 0.260 e. The van der Waals surface area contributed by atoms with Gasteiger partial charge in [0.1, 0.15) is 5.75 Å². The fourth-order valence-electron chi connectivity index (χ4n) is 2.88. The van der Waals surface area contributed by atoms with Crippen LogP contribution >= 0.6 is 0 Å². The highest BCUT2D eigenvalue weighted by molar-refractivity contribution is 5.91. The molecule has 29 heavy (non-hydrogen) atoms. The predicted molar refractivity (Wildman–Crippen MR) is 109 cm³/mol. The average Bonchev–Trinajstić information content (AvgIpc) is 2.78. The average molecular weight is 395 g/mol. The summed E-state index contributed by atoms with van der Waals surface area (Å²) in [5, 5.41) is 2.85. The van der Waals surface area contributed by atoms with Gasteiger partial charge in [0, 0.05) is 38.1 Å². The lowest BCUT2D eigenvalue weighted by molar-refractivity contribution is -0.137. The number of hydrogen-bond acceptors (Lipinski definition) is 5. The molecule has 1 fully saturated rings. The molecule has 1 aromatic carbocycles. The highest BCUT2D eigenvalue weighted by Crippen LogP contribution is 2.14. The third-order valence-corrected chi connectivity index (χ3v) is 4.45. The first kappa shape index (κ1) is 20.5. The first-order chi connectivity index (χ1) is 14.2. The Morgan fingerprint density at radius 1 is 1.21 bits per heavy atom. The number of pyridine rings is 1. The molecule has 1 aromatic heterocycles. The van der Waals surface area contributed by atoms with Gasteiger partial charge in [-0.3, -0.25) is 14.6 Å². The number of morpholine rings is 1. The van der Waals surface area contributed by atoms with Crippen LogP contribution in [0.1, 0.15) is 11.1 Å². The van der Waals surface area contributed by atoms with Crippen LogP contribution in [0.3, 0.4) is 0 Å². The number of nitrogens with zero attached hydrogens (tertiary/aromatic N) is 2. The molecule has 1 saturated heterocycles. The van der Waals surface area contributed by atoms with Crippen molar-refractivity contribution in [2.24, 2.45) is 0 Å². The zero-order chi connectivity index (χ0) is 20.3. The summed E-state index contributed by atoms with van der Waals surface area (Å²) in [5.41, 5.74) is 1.90. The maximum atomic E-state index is 12.2. The summed E-state index contributed by atoms with van der Waals surface area (Å²) in [6.07, 6.45) is 7.27. The minimum atomic E-state index is -0.155. The molecule has 1 N–H and O–H groups in total. The zero-order valence-electron chi connectivity index (χ0n) is 16.3. The van der Waals surface area contributed by atoms with Gasteiger partial charge in [-0.1, -0.05) is 18.2 Å². The fraction of sp³-hybridized carbons (Fsp3) is 0.318. The van der Waals surface area contributed by atoms with E-state index in [2.05, 4.69) is 10.3 Å². The Hall–Kier alpha value is -3.19. The maximum Gasteiger partial charge on any atom is 0.260 e. The topological polar surface area (TPSA) is 80.8 Å². The van der Waals surface area contributed by atoms with Crippen molar-refractivity contribution in [2.75, 3.05) is 39.5 Å². The Bertz CT molecular complexity index is 833. The summed E-state index contributed by atoms with van der Waals surface area (Å²) < 4.78 is 10.9. The van der Waals surface area contributed by atoms with E-state index in [1.165, 1.54) is 6.08 Å². The molecule has 0 saturated carbocycles. The van der Waals surface area contributed by atoms with Crippen LogP contribution in [0.5, 0.6) is 5.75 Å². The Balaban J connectivity index is 1.40. The van der Waals surface area contributed by atoms with Crippen LogP contribution in [0.15, 0.2) is 54.9 Å². The molecule has 2 amide bonds. The number of aromatic nitrogens is 1. The Kier molecular flexibility index (Phi) is 7.77. The number of hydrogen-bond donors (Lipinski definition) is 1. The standard InChI is InChI=1S/C22H25N3O4/c26-21(7-6-19-4-2-9-23-16-19)24-10-8-18-3-1-5-20(15-18)29-17-22(27)25-11-13-28-14-12-25/h1-7,9,15-16H,8,10-14,17H2,(H,24,26)/b7-6+. The van der Waals surface area contributed by atoms with Gasteiger partial charge in [0.05, 0.1) is 13.2 Å². The molecule has 0 bridgehead atoms. The summed E-state index contributed by atoms with van der Waals surface area (Å²) in [5.74, 6) is 0.454. The van der Waals surface area contributed by atoms with Crippen molar-refractivity contribution in [1.29, 1.82) is 0 Å². The second kappa shape index (κ2) is 11.0. The summed E-state index contributed by atoms with van der Waals surface area (Å²) in [6.45, 7) is 2.88. The summed E-state index contributed by atoms with van der Waals surface area (Å²) in [4.78, 5) is 29.8. The minimum absolute atomic E-state index is 0.0132. The first-order valence-electron chi connectivity index (χ1n) is 9.64. The molecule has 3 rings (SSSR count). The molecule has 7 nitrogen and oxygen atoms in total. The highest BCUT2D eigenvalue weighted by Gasteiger charge is 2.17. The number of carbonyl (C=O) groups excluding carboxylic acids is 2. The number of rotatable bonds is 8. The Labute approximate surface area is 170 Å². The lowest BCUT2D eigenvalue weighted by atomic mass is 10.1. The molecule has 1 aliphatic heterocycles. The lowest BCUT2D eigenvalue weighted by Crippen LogP contribution is -2.42. The van der Waals surface area contributed by atoms with E-state index in [1.807, 2.05) is 36.4 Å². The van der Waals surface area contributed by atoms with Crippen LogP contribution in [0, 0.1) is 0 Å². The quantitative estimate of drug-likeness (QED) is 0.688. The van der Waals surface area contributed by atoms with Crippen molar-refractivity contribution in [1.82, 2.24) is 15.2 Å². The van der Waals surface area contributed by atoms with E-state index in [1.54, 1.807) is 23.4 Å².